The summed E-state index contributed by atoms with van der Waals surface area (Å²) in [4.78, 5) is 5.18. The van der Waals surface area contributed by atoms with Gasteiger partial charge in [-0.05, 0) is 12.8 Å². The maximum absolute atomic E-state index is 5.82. The van der Waals surface area contributed by atoms with Crippen LogP contribution in [0.3, 0.4) is 0 Å². The summed E-state index contributed by atoms with van der Waals surface area (Å²) in [7, 11) is 0. The smallest absolute Gasteiger partial charge is 0.0510 e. The Morgan fingerprint density at radius 2 is 2.06 bits per heavy atom. The van der Waals surface area contributed by atoms with Crippen molar-refractivity contribution in [2.45, 2.75) is 24.9 Å². The van der Waals surface area contributed by atoms with Crippen molar-refractivity contribution < 1.29 is 4.74 Å². The molecule has 17 heavy (non-hydrogen) atoms. The molecule has 4 fully saturated rings. The van der Waals surface area contributed by atoms with E-state index in [9.17, 15) is 0 Å². The molecule has 0 saturated carbocycles. The summed E-state index contributed by atoms with van der Waals surface area (Å²) >= 11 is 0. The first kappa shape index (κ1) is 11.9. The zero-order chi connectivity index (χ0) is 11.7. The van der Waals surface area contributed by atoms with Crippen molar-refractivity contribution in [2.24, 2.45) is 11.8 Å². The topological polar surface area (TPSA) is 53.8 Å². The molecule has 4 rings (SSSR count). The van der Waals surface area contributed by atoms with Crippen LogP contribution in [-0.2, 0) is 4.74 Å². The van der Waals surface area contributed by atoms with Crippen LogP contribution < -0.4 is 11.3 Å². The fourth-order valence-electron chi connectivity index (χ4n) is 3.61. The molecule has 0 radical (unpaired) electrons. The van der Waals surface area contributed by atoms with E-state index in [1.807, 2.05) is 0 Å². The average molecular weight is 240 g/mol. The normalized spacial score (nSPS) is 43.6. The Morgan fingerprint density at radius 1 is 1.24 bits per heavy atom. The maximum Gasteiger partial charge on any atom is 0.0510 e. The number of hydrazine groups is 1. The number of rotatable bonds is 3. The van der Waals surface area contributed by atoms with Crippen molar-refractivity contribution in [3.63, 3.8) is 0 Å². The van der Waals surface area contributed by atoms with Gasteiger partial charge >= 0.3 is 0 Å². The van der Waals surface area contributed by atoms with Crippen LogP contribution in [0.5, 0.6) is 0 Å². The van der Waals surface area contributed by atoms with E-state index >= 15 is 0 Å². The zero-order valence-corrected chi connectivity index (χ0v) is 10.5. The van der Waals surface area contributed by atoms with E-state index in [2.05, 4.69) is 15.2 Å². The number of hydrogen-bond acceptors (Lipinski definition) is 5. The summed E-state index contributed by atoms with van der Waals surface area (Å²) in [6, 6.07) is 0.965. The summed E-state index contributed by atoms with van der Waals surface area (Å²) in [6.07, 6.45) is 2.43. The fourth-order valence-corrected chi connectivity index (χ4v) is 3.61. The summed E-state index contributed by atoms with van der Waals surface area (Å²) in [5, 5.41) is 0. The summed E-state index contributed by atoms with van der Waals surface area (Å²) in [5.74, 6) is 6.40. The molecule has 0 amide bonds. The Balaban J connectivity index is 1.67. The maximum atomic E-state index is 5.82. The molecule has 0 aliphatic carbocycles. The van der Waals surface area contributed by atoms with E-state index in [0.29, 0.717) is 18.0 Å². The summed E-state index contributed by atoms with van der Waals surface area (Å²) in [6.45, 7) is 7.84. The average Bonchev–Trinajstić information content (AvgIpc) is 2.42. The van der Waals surface area contributed by atoms with Gasteiger partial charge in [0.1, 0.15) is 0 Å². The second-order valence-corrected chi connectivity index (χ2v) is 5.57. The first-order valence-corrected chi connectivity index (χ1v) is 6.89. The number of nitrogens with zero attached hydrogens (tertiary/aromatic N) is 2. The van der Waals surface area contributed by atoms with Gasteiger partial charge in [-0.1, -0.05) is 0 Å². The molecule has 3 atom stereocenters. The number of nitrogens with one attached hydrogen (secondary N) is 1. The Labute approximate surface area is 103 Å². The molecular formula is C12H24N4O. The molecule has 5 heteroatoms. The van der Waals surface area contributed by atoms with Crippen LogP contribution >= 0.6 is 0 Å². The summed E-state index contributed by atoms with van der Waals surface area (Å²) < 4.78 is 5.61. The van der Waals surface area contributed by atoms with Crippen LogP contribution in [0, 0.1) is 5.92 Å². The lowest BCUT2D eigenvalue weighted by atomic mass is 9.86. The van der Waals surface area contributed by atoms with E-state index in [4.69, 9.17) is 10.6 Å². The van der Waals surface area contributed by atoms with Crippen LogP contribution in [-0.4, -0.2) is 67.8 Å². The van der Waals surface area contributed by atoms with Crippen molar-refractivity contribution in [2.75, 3.05) is 45.9 Å². The number of ether oxygens (including phenoxy) is 1. The molecule has 98 valence electrons. The van der Waals surface area contributed by atoms with E-state index in [1.165, 1.54) is 45.6 Å². The lowest BCUT2D eigenvalue weighted by Crippen LogP contribution is -2.68. The highest BCUT2D eigenvalue weighted by atomic mass is 16.5. The lowest BCUT2D eigenvalue weighted by molar-refractivity contribution is -0.0356. The van der Waals surface area contributed by atoms with E-state index in [1.54, 1.807) is 0 Å². The molecule has 4 aliphatic heterocycles. The van der Waals surface area contributed by atoms with Crippen LogP contribution in [0.15, 0.2) is 0 Å². The molecule has 2 bridgehead atoms. The van der Waals surface area contributed by atoms with Crippen LogP contribution in [0.2, 0.25) is 0 Å². The van der Waals surface area contributed by atoms with Gasteiger partial charge in [-0.3, -0.25) is 21.1 Å². The quantitative estimate of drug-likeness (QED) is 0.502. The predicted octanol–water partition coefficient (Wildman–Crippen LogP) is -0.755. The number of fused-ring (bicyclic) bond motifs is 3. The standard InChI is InChI=1S/C12H24N4O/c13-14-12(10-2-1-7-17-9-10)11-8-15-3-5-16(11)6-4-15/h10-12,14H,1-9,13H2. The molecule has 5 nitrogen and oxygen atoms in total. The van der Waals surface area contributed by atoms with E-state index in [0.717, 1.165) is 13.2 Å². The largest absolute Gasteiger partial charge is 0.381 e. The highest BCUT2D eigenvalue weighted by Gasteiger charge is 2.39. The lowest BCUT2D eigenvalue weighted by Gasteiger charge is -2.51. The van der Waals surface area contributed by atoms with Gasteiger partial charge in [-0.2, -0.15) is 0 Å². The third kappa shape index (κ3) is 2.35. The zero-order valence-electron chi connectivity index (χ0n) is 10.5. The van der Waals surface area contributed by atoms with E-state index < -0.39 is 0 Å². The van der Waals surface area contributed by atoms with Gasteiger partial charge in [0.05, 0.1) is 6.61 Å². The minimum Gasteiger partial charge on any atom is -0.381 e. The minimum atomic E-state index is 0.387. The third-order valence-corrected chi connectivity index (χ3v) is 4.63. The second-order valence-electron chi connectivity index (χ2n) is 5.57. The molecular weight excluding hydrogens is 216 g/mol. The van der Waals surface area contributed by atoms with Gasteiger partial charge in [0.15, 0.2) is 0 Å². The van der Waals surface area contributed by atoms with Crippen molar-refractivity contribution in [3.8, 4) is 0 Å². The molecule has 4 heterocycles. The molecule has 0 aromatic carbocycles. The second kappa shape index (κ2) is 5.20. The molecule has 3 unspecified atom stereocenters. The molecule has 0 aromatic heterocycles. The van der Waals surface area contributed by atoms with Crippen LogP contribution in [0.4, 0.5) is 0 Å². The van der Waals surface area contributed by atoms with Crippen LogP contribution in [0.1, 0.15) is 12.8 Å². The summed E-state index contributed by atoms with van der Waals surface area (Å²) in [5.41, 5.74) is 3.08. The Morgan fingerprint density at radius 3 is 2.59 bits per heavy atom. The highest BCUT2D eigenvalue weighted by molar-refractivity contribution is 4.97. The Hall–Kier alpha value is -0.200. The first-order chi connectivity index (χ1) is 8.38. The van der Waals surface area contributed by atoms with Gasteiger partial charge < -0.3 is 4.74 Å². The first-order valence-electron chi connectivity index (χ1n) is 6.89. The third-order valence-electron chi connectivity index (χ3n) is 4.63. The van der Waals surface area contributed by atoms with Gasteiger partial charge in [0.2, 0.25) is 0 Å². The highest BCUT2D eigenvalue weighted by Crippen LogP contribution is 2.26. The SMILES string of the molecule is NNC(C1CCCOC1)C1CN2CCN1CC2. The van der Waals surface area contributed by atoms with Gasteiger partial charge in [-0.25, -0.2) is 0 Å². The Kier molecular flexibility index (Phi) is 3.63. The van der Waals surface area contributed by atoms with Gasteiger partial charge in [-0.15, -0.1) is 0 Å². The Bertz CT molecular complexity index is 249. The van der Waals surface area contributed by atoms with E-state index in [-0.39, 0.29) is 0 Å². The van der Waals surface area contributed by atoms with Gasteiger partial charge in [0.25, 0.3) is 0 Å². The molecule has 4 saturated heterocycles. The van der Waals surface area contributed by atoms with Crippen LogP contribution in [0.25, 0.3) is 0 Å². The van der Waals surface area contributed by atoms with Crippen molar-refractivity contribution >= 4 is 0 Å². The van der Waals surface area contributed by atoms with Crippen molar-refractivity contribution in [3.05, 3.63) is 0 Å². The molecule has 0 spiro atoms. The molecule has 0 aromatic rings. The minimum absolute atomic E-state index is 0.387. The molecule has 3 N–H and O–H groups in total. The fraction of sp³-hybridized carbons (Fsp3) is 1.00. The number of piperazine rings is 3. The monoisotopic (exact) mass is 240 g/mol. The van der Waals surface area contributed by atoms with Gasteiger partial charge in [0, 0.05) is 57.3 Å². The van der Waals surface area contributed by atoms with Crippen molar-refractivity contribution in [1.82, 2.24) is 15.2 Å². The predicted molar refractivity (Wildman–Crippen MR) is 66.5 cm³/mol. The van der Waals surface area contributed by atoms with Crippen molar-refractivity contribution in [1.29, 1.82) is 0 Å². The molecule has 4 aliphatic rings. The number of nitrogens with two attached hydrogens (primary N) is 1. The number of hydrogen-bond donors (Lipinski definition) is 2.